The Morgan fingerprint density at radius 1 is 1.21 bits per heavy atom. The molecular weight excluding hydrogens is 469 g/mol. The highest BCUT2D eigenvalue weighted by molar-refractivity contribution is 6.31. The molecule has 1 aromatic heterocycles. The van der Waals surface area contributed by atoms with Crippen LogP contribution in [0, 0.1) is 29.6 Å². The molecule has 0 saturated carbocycles. The van der Waals surface area contributed by atoms with Gasteiger partial charge in [0.25, 0.3) is 0 Å². The third-order valence-corrected chi connectivity index (χ3v) is 6.79. The van der Waals surface area contributed by atoms with Gasteiger partial charge in [0.05, 0.1) is 12.1 Å². The maximum atomic E-state index is 13.2. The van der Waals surface area contributed by atoms with Crippen LogP contribution >= 0.6 is 11.6 Å². The van der Waals surface area contributed by atoms with Gasteiger partial charge in [-0.2, -0.15) is 13.2 Å². The fraction of sp³-hybridized carbons (Fsp3) is 0.478. The largest absolute Gasteiger partial charge is 0.449 e. The molecular formula is C23H26ClF3N6O. The summed E-state index contributed by atoms with van der Waals surface area (Å²) in [6, 6.07) is 7.61. The first-order valence-electron chi connectivity index (χ1n) is 11.1. The summed E-state index contributed by atoms with van der Waals surface area (Å²) < 4.78 is 38.6. The predicted octanol–water partition coefficient (Wildman–Crippen LogP) is 4.32. The van der Waals surface area contributed by atoms with Crippen LogP contribution in [0.1, 0.15) is 19.0 Å². The van der Waals surface area contributed by atoms with Gasteiger partial charge in [0.15, 0.2) is 0 Å². The normalized spacial score (nSPS) is 21.8. The minimum absolute atomic E-state index is 0.00430. The summed E-state index contributed by atoms with van der Waals surface area (Å²) in [5, 5.41) is 16.8. The molecule has 0 bridgehead atoms. The fourth-order valence-electron chi connectivity index (χ4n) is 4.82. The molecule has 34 heavy (non-hydrogen) atoms. The number of aromatic nitrogens is 1. The van der Waals surface area contributed by atoms with Crippen molar-refractivity contribution in [3.63, 3.8) is 0 Å². The predicted molar refractivity (Wildman–Crippen MR) is 126 cm³/mol. The second-order valence-electron chi connectivity index (χ2n) is 8.97. The Morgan fingerprint density at radius 2 is 1.94 bits per heavy atom. The Labute approximate surface area is 200 Å². The number of nitrogens with zero attached hydrogens (tertiary/aromatic N) is 4. The lowest BCUT2D eigenvalue weighted by atomic mass is 9.85. The number of anilines is 1. The number of hydrogen-bond donors (Lipinski definition) is 2. The summed E-state index contributed by atoms with van der Waals surface area (Å²) in [5.41, 5.74) is 2.76. The molecule has 1 aromatic carbocycles. The van der Waals surface area contributed by atoms with Crippen LogP contribution in [-0.4, -0.2) is 71.3 Å². The number of alkyl halides is 3. The average molecular weight is 495 g/mol. The van der Waals surface area contributed by atoms with Crippen LogP contribution in [-0.2, 0) is 4.79 Å². The van der Waals surface area contributed by atoms with Gasteiger partial charge in [0.1, 0.15) is 5.84 Å². The van der Waals surface area contributed by atoms with Gasteiger partial charge < -0.3 is 14.7 Å². The highest BCUT2D eigenvalue weighted by Crippen LogP contribution is 2.34. The number of amidine groups is 2. The lowest BCUT2D eigenvalue weighted by Crippen LogP contribution is -2.58. The number of aryl methyl sites for hydroxylation is 1. The van der Waals surface area contributed by atoms with Gasteiger partial charge in [-0.1, -0.05) is 18.5 Å². The summed E-state index contributed by atoms with van der Waals surface area (Å²) in [7, 11) is 0. The van der Waals surface area contributed by atoms with E-state index in [1.807, 2.05) is 32.0 Å². The van der Waals surface area contributed by atoms with E-state index >= 15 is 0 Å². The molecule has 0 aliphatic carbocycles. The highest BCUT2D eigenvalue weighted by atomic mass is 35.5. The topological polar surface area (TPSA) is 87.4 Å². The molecule has 0 spiro atoms. The molecule has 11 heteroatoms. The van der Waals surface area contributed by atoms with E-state index in [1.54, 1.807) is 6.07 Å². The van der Waals surface area contributed by atoms with E-state index in [1.165, 1.54) is 4.90 Å². The number of fused-ring (bicyclic) bond motifs is 1. The van der Waals surface area contributed by atoms with Crippen LogP contribution in [0.15, 0.2) is 24.3 Å². The van der Waals surface area contributed by atoms with Crippen LogP contribution in [0.3, 0.4) is 0 Å². The Kier molecular flexibility index (Phi) is 6.46. The Bertz CT molecular complexity index is 1150. The number of hydrogen-bond acceptors (Lipinski definition) is 5. The summed E-state index contributed by atoms with van der Waals surface area (Å²) in [5.74, 6) is -2.37. The van der Waals surface area contributed by atoms with Crippen molar-refractivity contribution in [2.45, 2.75) is 26.4 Å². The summed E-state index contributed by atoms with van der Waals surface area (Å²) >= 11 is 6.22. The van der Waals surface area contributed by atoms with Crippen LogP contribution < -0.4 is 4.90 Å². The minimum Gasteiger partial charge on any atom is -0.371 e. The van der Waals surface area contributed by atoms with Gasteiger partial charge >= 0.3 is 6.18 Å². The molecule has 7 nitrogen and oxygen atoms in total. The SMILES string of the molecule is Cc1cc(N2CCC(C(=O)N3CCN(C(=N)C(F)(F)F)C(=N)C3)C(C)C2)c2cc(Cl)ccc2n1. The number of nitrogens with one attached hydrogen (secondary N) is 2. The first-order valence-corrected chi connectivity index (χ1v) is 11.4. The molecule has 2 N–H and O–H groups in total. The number of piperazine rings is 1. The summed E-state index contributed by atoms with van der Waals surface area (Å²) in [6.07, 6.45) is -4.23. The van der Waals surface area contributed by atoms with Crippen LogP contribution in [0.2, 0.25) is 5.02 Å². The van der Waals surface area contributed by atoms with Crippen molar-refractivity contribution in [3.05, 3.63) is 35.0 Å². The quantitative estimate of drug-likeness (QED) is 0.481. The van der Waals surface area contributed by atoms with Crippen molar-refractivity contribution in [3.8, 4) is 0 Å². The third-order valence-electron chi connectivity index (χ3n) is 6.55. The average Bonchev–Trinajstić information content (AvgIpc) is 2.77. The van der Waals surface area contributed by atoms with Crippen LogP contribution in [0.4, 0.5) is 18.9 Å². The van der Waals surface area contributed by atoms with E-state index < -0.39 is 12.0 Å². The number of benzene rings is 1. The van der Waals surface area contributed by atoms with E-state index in [0.29, 0.717) is 29.4 Å². The molecule has 4 rings (SSSR count). The van der Waals surface area contributed by atoms with Crippen LogP contribution in [0.5, 0.6) is 0 Å². The number of carbonyl (C=O) groups is 1. The van der Waals surface area contributed by atoms with Gasteiger partial charge in [-0.3, -0.25) is 20.6 Å². The van der Waals surface area contributed by atoms with Crippen LogP contribution in [0.25, 0.3) is 10.9 Å². The van der Waals surface area contributed by atoms with E-state index in [2.05, 4.69) is 9.88 Å². The number of pyridine rings is 1. The molecule has 3 heterocycles. The number of piperidine rings is 1. The molecule has 2 aliphatic rings. The maximum absolute atomic E-state index is 13.2. The van der Waals surface area contributed by atoms with Crippen molar-refractivity contribution in [1.82, 2.24) is 14.8 Å². The van der Waals surface area contributed by atoms with E-state index in [-0.39, 0.29) is 43.2 Å². The second kappa shape index (κ2) is 9.05. The second-order valence-corrected chi connectivity index (χ2v) is 9.40. The van der Waals surface area contributed by atoms with Crippen molar-refractivity contribution < 1.29 is 18.0 Å². The molecule has 2 aliphatic heterocycles. The fourth-order valence-corrected chi connectivity index (χ4v) is 5.00. The maximum Gasteiger partial charge on any atom is 0.449 e. The zero-order valence-corrected chi connectivity index (χ0v) is 19.7. The summed E-state index contributed by atoms with van der Waals surface area (Å²) in [4.78, 5) is 22.1. The van der Waals surface area contributed by atoms with Crippen molar-refractivity contribution in [1.29, 1.82) is 10.8 Å². The molecule has 0 radical (unpaired) electrons. The minimum atomic E-state index is -4.82. The van der Waals surface area contributed by atoms with E-state index in [4.69, 9.17) is 22.4 Å². The molecule has 1 amide bonds. The molecule has 182 valence electrons. The van der Waals surface area contributed by atoms with E-state index in [0.717, 1.165) is 22.3 Å². The number of rotatable bonds is 2. The zero-order valence-electron chi connectivity index (χ0n) is 18.9. The van der Waals surface area contributed by atoms with Crippen molar-refractivity contribution in [2.24, 2.45) is 11.8 Å². The van der Waals surface area contributed by atoms with Gasteiger partial charge in [0, 0.05) is 53.9 Å². The smallest absolute Gasteiger partial charge is 0.371 e. The van der Waals surface area contributed by atoms with Crippen molar-refractivity contribution >= 4 is 45.8 Å². The summed E-state index contributed by atoms with van der Waals surface area (Å²) in [6.45, 7) is 4.83. The monoisotopic (exact) mass is 494 g/mol. The molecule has 2 saturated heterocycles. The van der Waals surface area contributed by atoms with Gasteiger partial charge in [0.2, 0.25) is 11.7 Å². The Balaban J connectivity index is 1.45. The molecule has 2 aromatic rings. The number of halogens is 4. The van der Waals surface area contributed by atoms with E-state index in [9.17, 15) is 18.0 Å². The van der Waals surface area contributed by atoms with Gasteiger partial charge in [-0.05, 0) is 43.5 Å². The number of amides is 1. The van der Waals surface area contributed by atoms with Gasteiger partial charge in [-0.15, -0.1) is 0 Å². The molecule has 2 atom stereocenters. The zero-order chi connectivity index (χ0) is 24.8. The highest BCUT2D eigenvalue weighted by Gasteiger charge is 2.43. The Morgan fingerprint density at radius 3 is 2.59 bits per heavy atom. The lowest BCUT2D eigenvalue weighted by molar-refractivity contribution is -0.137. The van der Waals surface area contributed by atoms with Crippen molar-refractivity contribution in [2.75, 3.05) is 37.6 Å². The Hall–Kier alpha value is -2.88. The molecule has 2 fully saturated rings. The third kappa shape index (κ3) is 4.68. The molecule has 2 unspecified atom stereocenters. The standard InChI is InChI=1S/C23H26ClF3N6O/c1-13-11-31(19-9-14(2)30-18-4-3-15(24)10-17(18)19)6-5-16(13)21(34)32-7-8-33(20(28)12-32)22(29)23(25,26)27/h3-4,9-10,13,16,28-29H,5-8,11-12H2,1-2H3. The number of carbonyl (C=O) groups excluding carboxylic acids is 1. The van der Waals surface area contributed by atoms with Gasteiger partial charge in [-0.25, -0.2) is 0 Å². The first-order chi connectivity index (χ1) is 16.0. The first kappa shape index (κ1) is 24.3. The lowest BCUT2D eigenvalue weighted by Gasteiger charge is -2.42.